The summed E-state index contributed by atoms with van der Waals surface area (Å²) in [5.41, 5.74) is 0.600. The summed E-state index contributed by atoms with van der Waals surface area (Å²) in [6.07, 6.45) is 1.91. The van der Waals surface area contributed by atoms with Crippen molar-refractivity contribution in [1.29, 1.82) is 0 Å². The Morgan fingerprint density at radius 3 is 2.52 bits per heavy atom. The Labute approximate surface area is 188 Å². The van der Waals surface area contributed by atoms with E-state index in [9.17, 15) is 14.3 Å². The van der Waals surface area contributed by atoms with Crippen molar-refractivity contribution in [3.05, 3.63) is 41.1 Å². The van der Waals surface area contributed by atoms with Crippen molar-refractivity contribution in [2.75, 3.05) is 6.61 Å². The van der Waals surface area contributed by atoms with Crippen molar-refractivity contribution < 1.29 is 19.0 Å². The lowest BCUT2D eigenvalue weighted by molar-refractivity contribution is 0.133. The van der Waals surface area contributed by atoms with E-state index in [4.69, 9.17) is 16.3 Å². The van der Waals surface area contributed by atoms with Crippen LogP contribution in [0.3, 0.4) is 0 Å². The lowest BCUT2D eigenvalue weighted by Crippen LogP contribution is -2.51. The average Bonchev–Trinajstić information content (AvgIpc) is 2.60. The van der Waals surface area contributed by atoms with Crippen molar-refractivity contribution in [2.24, 2.45) is 11.3 Å². The lowest BCUT2D eigenvalue weighted by atomic mass is 9.80. The maximum Gasteiger partial charge on any atom is 0.405 e. The van der Waals surface area contributed by atoms with Crippen LogP contribution >= 0.6 is 11.6 Å². The molecule has 2 atom stereocenters. The Morgan fingerprint density at radius 2 is 1.94 bits per heavy atom. The molecule has 31 heavy (non-hydrogen) atoms. The smallest absolute Gasteiger partial charge is 0.405 e. The van der Waals surface area contributed by atoms with E-state index in [1.165, 1.54) is 12.3 Å². The van der Waals surface area contributed by atoms with Crippen LogP contribution in [0.25, 0.3) is 11.3 Å². The predicted octanol–water partition coefficient (Wildman–Crippen LogP) is 6.11. The highest BCUT2D eigenvalue weighted by Gasteiger charge is 2.31. The minimum absolute atomic E-state index is 0.144. The lowest BCUT2D eigenvalue weighted by Gasteiger charge is -2.34. The third-order valence-electron chi connectivity index (χ3n) is 4.87. The minimum atomic E-state index is -1.09. The summed E-state index contributed by atoms with van der Waals surface area (Å²) in [7, 11) is 0. The van der Waals surface area contributed by atoms with Crippen molar-refractivity contribution in [3.8, 4) is 17.0 Å². The fourth-order valence-corrected chi connectivity index (χ4v) is 4.15. The molecule has 2 unspecified atom stereocenters. The Kier molecular flexibility index (Phi) is 7.87. The van der Waals surface area contributed by atoms with E-state index in [0.717, 1.165) is 6.42 Å². The van der Waals surface area contributed by atoms with Crippen LogP contribution in [0.1, 0.15) is 53.2 Å². The van der Waals surface area contributed by atoms with Gasteiger partial charge in [-0.25, -0.2) is 19.2 Å². The average molecular weight is 452 g/mol. The number of amides is 1. The van der Waals surface area contributed by atoms with Crippen LogP contribution < -0.4 is 10.1 Å². The zero-order chi connectivity index (χ0) is 23.4. The van der Waals surface area contributed by atoms with Crippen LogP contribution in [-0.2, 0) is 0 Å². The molecule has 0 bridgehead atoms. The monoisotopic (exact) mass is 451 g/mol. The number of nitrogens with one attached hydrogen (secondary N) is 1. The first kappa shape index (κ1) is 24.9. The van der Waals surface area contributed by atoms with Crippen molar-refractivity contribution >= 4 is 17.7 Å². The molecule has 0 aliphatic heterocycles. The molecule has 2 rings (SSSR count). The zero-order valence-corrected chi connectivity index (χ0v) is 19.7. The Hall–Kier alpha value is -2.41. The summed E-state index contributed by atoms with van der Waals surface area (Å²) < 4.78 is 20.2. The number of aryl methyl sites for hydroxylation is 1. The van der Waals surface area contributed by atoms with Gasteiger partial charge in [-0.2, -0.15) is 0 Å². The first-order chi connectivity index (χ1) is 14.3. The molecule has 0 aliphatic rings. The van der Waals surface area contributed by atoms with Gasteiger partial charge >= 0.3 is 6.09 Å². The van der Waals surface area contributed by atoms with E-state index >= 15 is 0 Å². The number of pyridine rings is 2. The number of hydrogen-bond donors (Lipinski definition) is 2. The number of carbonyl (C=O) groups is 1. The van der Waals surface area contributed by atoms with E-state index < -0.39 is 17.4 Å². The SMILES string of the molecule is Cc1nc(-c2ccnc(Cl)c2F)ccc1OCC(C)(CC(C)CC(C)(C)C)NC(=O)O. The second-order valence-corrected chi connectivity index (χ2v) is 9.95. The number of carboxylic acid groups (broad SMARTS) is 1. The number of nitrogens with zero attached hydrogens (tertiary/aromatic N) is 2. The molecule has 2 aromatic rings. The summed E-state index contributed by atoms with van der Waals surface area (Å²) in [6.45, 7) is 12.3. The number of halogens is 2. The zero-order valence-electron chi connectivity index (χ0n) is 18.9. The normalized spacial score (nSPS) is 14.6. The maximum atomic E-state index is 14.3. The number of hydrogen-bond acceptors (Lipinski definition) is 4. The molecule has 0 saturated heterocycles. The Bertz CT molecular complexity index is 933. The standard InChI is InChI=1S/C23H31ClFN3O3/c1-14(11-22(3,4)5)12-23(6,28-21(29)30)13-31-18-8-7-17(27-15(18)2)16-9-10-26-20(24)19(16)25/h7-10,14,28H,11-13H2,1-6H3,(H,29,30). The summed E-state index contributed by atoms with van der Waals surface area (Å²) in [5, 5.41) is 11.7. The van der Waals surface area contributed by atoms with Crippen LogP contribution in [0.15, 0.2) is 24.4 Å². The molecule has 0 saturated carbocycles. The number of rotatable bonds is 8. The van der Waals surface area contributed by atoms with Crippen molar-refractivity contribution in [1.82, 2.24) is 15.3 Å². The molecule has 2 heterocycles. The third kappa shape index (κ3) is 7.35. The third-order valence-corrected chi connectivity index (χ3v) is 5.14. The summed E-state index contributed by atoms with van der Waals surface area (Å²) in [4.78, 5) is 19.5. The topological polar surface area (TPSA) is 84.3 Å². The maximum absolute atomic E-state index is 14.3. The van der Waals surface area contributed by atoms with Gasteiger partial charge in [0.1, 0.15) is 12.4 Å². The highest BCUT2D eigenvalue weighted by molar-refractivity contribution is 6.29. The van der Waals surface area contributed by atoms with Crippen LogP contribution in [0.4, 0.5) is 9.18 Å². The van der Waals surface area contributed by atoms with Gasteiger partial charge < -0.3 is 15.2 Å². The molecular formula is C23H31ClFN3O3. The van der Waals surface area contributed by atoms with Gasteiger partial charge in [-0.3, -0.25) is 0 Å². The number of aromatic nitrogens is 2. The van der Waals surface area contributed by atoms with E-state index in [1.807, 2.05) is 6.92 Å². The van der Waals surface area contributed by atoms with Gasteiger partial charge in [0.25, 0.3) is 0 Å². The van der Waals surface area contributed by atoms with Gasteiger partial charge in [-0.05, 0) is 56.2 Å². The molecule has 2 N–H and O–H groups in total. The second kappa shape index (κ2) is 9.81. The van der Waals surface area contributed by atoms with E-state index in [-0.39, 0.29) is 22.7 Å². The van der Waals surface area contributed by atoms with Crippen molar-refractivity contribution in [3.63, 3.8) is 0 Å². The highest BCUT2D eigenvalue weighted by Crippen LogP contribution is 2.31. The van der Waals surface area contributed by atoms with E-state index in [0.29, 0.717) is 29.5 Å². The second-order valence-electron chi connectivity index (χ2n) is 9.60. The summed E-state index contributed by atoms with van der Waals surface area (Å²) >= 11 is 5.76. The predicted molar refractivity (Wildman–Crippen MR) is 120 cm³/mol. The Balaban J connectivity index is 2.17. The molecule has 2 aromatic heterocycles. The van der Waals surface area contributed by atoms with E-state index in [2.05, 4.69) is 43.0 Å². The van der Waals surface area contributed by atoms with Gasteiger partial charge in [0.15, 0.2) is 11.0 Å². The molecule has 8 heteroatoms. The molecule has 0 spiro atoms. The van der Waals surface area contributed by atoms with Gasteiger partial charge in [-0.1, -0.05) is 39.3 Å². The molecule has 0 fully saturated rings. The van der Waals surface area contributed by atoms with Crippen LogP contribution in [-0.4, -0.2) is 33.3 Å². The number of ether oxygens (including phenoxy) is 1. The fourth-order valence-electron chi connectivity index (χ4n) is 3.99. The Morgan fingerprint density at radius 1 is 1.26 bits per heavy atom. The molecule has 170 valence electrons. The first-order valence-corrected chi connectivity index (χ1v) is 10.6. The van der Waals surface area contributed by atoms with E-state index in [1.54, 1.807) is 19.1 Å². The van der Waals surface area contributed by atoms with Gasteiger partial charge in [0, 0.05) is 11.8 Å². The molecule has 6 nitrogen and oxygen atoms in total. The fraction of sp³-hybridized carbons (Fsp3) is 0.522. The molecule has 1 amide bonds. The van der Waals surface area contributed by atoms with Crippen LogP contribution in [0.2, 0.25) is 5.15 Å². The largest absolute Gasteiger partial charge is 0.489 e. The molecule has 0 aliphatic carbocycles. The molecule has 0 aromatic carbocycles. The van der Waals surface area contributed by atoms with Gasteiger partial charge in [0.05, 0.1) is 16.9 Å². The summed E-state index contributed by atoms with van der Waals surface area (Å²) in [5.74, 6) is 0.170. The van der Waals surface area contributed by atoms with Crippen molar-refractivity contribution in [2.45, 2.75) is 59.9 Å². The quantitative estimate of drug-likeness (QED) is 0.473. The van der Waals surface area contributed by atoms with Crippen LogP contribution in [0.5, 0.6) is 5.75 Å². The minimum Gasteiger partial charge on any atom is -0.489 e. The molecular weight excluding hydrogens is 421 g/mol. The van der Waals surface area contributed by atoms with Crippen LogP contribution in [0, 0.1) is 24.1 Å². The van der Waals surface area contributed by atoms with Gasteiger partial charge in [-0.15, -0.1) is 0 Å². The molecule has 0 radical (unpaired) electrons. The highest BCUT2D eigenvalue weighted by atomic mass is 35.5. The summed E-state index contributed by atoms with van der Waals surface area (Å²) in [6, 6.07) is 4.85. The first-order valence-electron chi connectivity index (χ1n) is 10.2. The van der Waals surface area contributed by atoms with Gasteiger partial charge in [0.2, 0.25) is 0 Å².